The van der Waals surface area contributed by atoms with Crippen molar-refractivity contribution in [1.29, 1.82) is 0 Å². The van der Waals surface area contributed by atoms with E-state index in [2.05, 4.69) is 0 Å². The molecule has 0 spiro atoms. The number of carbonyl (C=O) groups is 1. The first kappa shape index (κ1) is 11.3. The molecule has 0 aromatic rings. The van der Waals surface area contributed by atoms with Gasteiger partial charge in [-0.1, -0.05) is 13.8 Å². The molecule has 0 N–H and O–H groups in total. The van der Waals surface area contributed by atoms with Crippen molar-refractivity contribution in [2.45, 2.75) is 46.1 Å². The summed E-state index contributed by atoms with van der Waals surface area (Å²) in [6.07, 6.45) is 1.04. The van der Waals surface area contributed by atoms with Crippen LogP contribution in [0.15, 0.2) is 0 Å². The van der Waals surface area contributed by atoms with Crippen LogP contribution in [0.1, 0.15) is 40.5 Å². The van der Waals surface area contributed by atoms with Gasteiger partial charge < -0.3 is 9.47 Å². The molecule has 0 bridgehead atoms. The fourth-order valence-corrected chi connectivity index (χ4v) is 0.513. The molecule has 0 aromatic carbocycles. The van der Waals surface area contributed by atoms with Gasteiger partial charge in [0.1, 0.15) is 5.60 Å². The normalized spacial score (nSPS) is 11.0. The quantitative estimate of drug-likeness (QED) is 0.615. The molecular formula is C9H18O3. The van der Waals surface area contributed by atoms with Crippen LogP contribution in [0.3, 0.4) is 0 Å². The minimum absolute atomic E-state index is 0.412. The molecule has 0 aliphatic carbocycles. The number of carbonyl (C=O) groups excluding carboxylic acids is 1. The van der Waals surface area contributed by atoms with E-state index in [9.17, 15) is 4.79 Å². The molecule has 0 saturated carbocycles. The lowest BCUT2D eigenvalue weighted by Gasteiger charge is -2.22. The minimum atomic E-state index is -0.566. The van der Waals surface area contributed by atoms with Crippen LogP contribution in [-0.4, -0.2) is 18.4 Å². The van der Waals surface area contributed by atoms with Gasteiger partial charge in [0, 0.05) is 0 Å². The molecule has 0 amide bonds. The second-order valence-electron chi connectivity index (χ2n) is 3.31. The zero-order valence-corrected chi connectivity index (χ0v) is 8.35. The molecule has 0 aromatic heterocycles. The Morgan fingerprint density at radius 3 is 2.33 bits per heavy atom. The summed E-state index contributed by atoms with van der Waals surface area (Å²) < 4.78 is 9.80. The van der Waals surface area contributed by atoms with E-state index in [-0.39, 0.29) is 0 Å². The molecule has 12 heavy (non-hydrogen) atoms. The molecule has 0 atom stereocenters. The summed E-state index contributed by atoms with van der Waals surface area (Å²) in [6.45, 7) is 8.06. The third-order valence-corrected chi connectivity index (χ3v) is 1.64. The Morgan fingerprint density at radius 2 is 1.92 bits per heavy atom. The maximum Gasteiger partial charge on any atom is 0.508 e. The molecule has 0 unspecified atom stereocenters. The van der Waals surface area contributed by atoms with Crippen molar-refractivity contribution in [3.05, 3.63) is 0 Å². The highest BCUT2D eigenvalue weighted by Crippen LogP contribution is 2.14. The lowest BCUT2D eigenvalue weighted by atomic mass is 10.1. The highest BCUT2D eigenvalue weighted by molar-refractivity contribution is 5.60. The molecule has 0 fully saturated rings. The fraction of sp³-hybridized carbons (Fsp3) is 0.889. The summed E-state index contributed by atoms with van der Waals surface area (Å²) in [6, 6.07) is 0. The Bertz CT molecular complexity index is 141. The van der Waals surface area contributed by atoms with E-state index in [1.807, 2.05) is 27.7 Å². The second kappa shape index (κ2) is 5.01. The molecule has 0 aliphatic rings. The Morgan fingerprint density at radius 1 is 1.33 bits per heavy atom. The largest absolute Gasteiger partial charge is 0.508 e. The standard InChI is InChI=1S/C9H18O3/c1-5-7-11-8(10)12-9(3,4)6-2/h5-7H2,1-4H3. The lowest BCUT2D eigenvalue weighted by Crippen LogP contribution is -2.27. The third kappa shape index (κ3) is 4.99. The van der Waals surface area contributed by atoms with E-state index in [0.29, 0.717) is 6.61 Å². The first-order valence-corrected chi connectivity index (χ1v) is 4.37. The van der Waals surface area contributed by atoms with Crippen molar-refractivity contribution >= 4 is 6.16 Å². The van der Waals surface area contributed by atoms with E-state index < -0.39 is 11.8 Å². The number of ether oxygens (including phenoxy) is 2. The zero-order valence-electron chi connectivity index (χ0n) is 8.35. The Hall–Kier alpha value is -0.730. The van der Waals surface area contributed by atoms with Crippen molar-refractivity contribution in [3.63, 3.8) is 0 Å². The maximum absolute atomic E-state index is 10.9. The monoisotopic (exact) mass is 174 g/mol. The van der Waals surface area contributed by atoms with E-state index in [1.165, 1.54) is 0 Å². The van der Waals surface area contributed by atoms with Crippen molar-refractivity contribution in [2.24, 2.45) is 0 Å². The topological polar surface area (TPSA) is 35.5 Å². The number of hydrogen-bond acceptors (Lipinski definition) is 3. The molecular weight excluding hydrogens is 156 g/mol. The van der Waals surface area contributed by atoms with Gasteiger partial charge in [-0.2, -0.15) is 0 Å². The second-order valence-corrected chi connectivity index (χ2v) is 3.31. The first-order valence-electron chi connectivity index (χ1n) is 4.37. The van der Waals surface area contributed by atoms with Crippen LogP contribution in [-0.2, 0) is 9.47 Å². The van der Waals surface area contributed by atoms with E-state index in [0.717, 1.165) is 12.8 Å². The predicted molar refractivity (Wildman–Crippen MR) is 47.1 cm³/mol. The van der Waals surface area contributed by atoms with Crippen LogP contribution in [0.5, 0.6) is 0 Å². The summed E-state index contributed by atoms with van der Waals surface area (Å²) in [7, 11) is 0. The van der Waals surface area contributed by atoms with Gasteiger partial charge in [-0.05, 0) is 26.7 Å². The summed E-state index contributed by atoms with van der Waals surface area (Å²) in [5.41, 5.74) is -0.412. The summed E-state index contributed by atoms with van der Waals surface area (Å²) >= 11 is 0. The van der Waals surface area contributed by atoms with Crippen molar-refractivity contribution in [1.82, 2.24) is 0 Å². The first-order chi connectivity index (χ1) is 5.52. The zero-order chi connectivity index (χ0) is 9.61. The Balaban J connectivity index is 3.68. The smallest absolute Gasteiger partial charge is 0.434 e. The van der Waals surface area contributed by atoms with Crippen LogP contribution in [0.2, 0.25) is 0 Å². The maximum atomic E-state index is 10.9. The van der Waals surface area contributed by atoms with E-state index in [4.69, 9.17) is 9.47 Å². The molecule has 0 radical (unpaired) electrons. The van der Waals surface area contributed by atoms with Gasteiger partial charge in [-0.25, -0.2) is 4.79 Å². The molecule has 0 heterocycles. The van der Waals surface area contributed by atoms with Gasteiger partial charge in [0.2, 0.25) is 0 Å². The van der Waals surface area contributed by atoms with Crippen molar-refractivity contribution < 1.29 is 14.3 Å². The molecule has 3 heteroatoms. The highest BCUT2D eigenvalue weighted by Gasteiger charge is 2.20. The molecule has 0 saturated heterocycles. The van der Waals surface area contributed by atoms with Gasteiger partial charge in [0.05, 0.1) is 6.61 Å². The molecule has 0 aliphatic heterocycles. The minimum Gasteiger partial charge on any atom is -0.434 e. The molecule has 0 rings (SSSR count). The van der Waals surface area contributed by atoms with Gasteiger partial charge >= 0.3 is 6.16 Å². The van der Waals surface area contributed by atoms with E-state index >= 15 is 0 Å². The van der Waals surface area contributed by atoms with Crippen molar-refractivity contribution in [3.8, 4) is 0 Å². The highest BCUT2D eigenvalue weighted by atomic mass is 16.7. The van der Waals surface area contributed by atoms with Crippen LogP contribution >= 0.6 is 0 Å². The SMILES string of the molecule is CCCOC(=O)OC(C)(C)CC. The molecule has 72 valence electrons. The Kier molecular flexibility index (Phi) is 4.71. The summed E-state index contributed by atoms with van der Waals surface area (Å²) in [4.78, 5) is 10.9. The van der Waals surface area contributed by atoms with Gasteiger partial charge in [-0.3, -0.25) is 0 Å². The summed E-state index contributed by atoms with van der Waals surface area (Å²) in [5, 5.41) is 0. The predicted octanol–water partition coefficient (Wildman–Crippen LogP) is 2.74. The lowest BCUT2D eigenvalue weighted by molar-refractivity contribution is -0.0179. The van der Waals surface area contributed by atoms with Gasteiger partial charge in [0.15, 0.2) is 0 Å². The Labute approximate surface area is 74.0 Å². The van der Waals surface area contributed by atoms with Crippen LogP contribution in [0.25, 0.3) is 0 Å². The van der Waals surface area contributed by atoms with Crippen LogP contribution in [0, 0.1) is 0 Å². The number of rotatable bonds is 4. The van der Waals surface area contributed by atoms with Crippen LogP contribution < -0.4 is 0 Å². The summed E-state index contributed by atoms with van der Waals surface area (Å²) in [5.74, 6) is 0. The van der Waals surface area contributed by atoms with Gasteiger partial charge in [0.25, 0.3) is 0 Å². The average Bonchev–Trinajstić information content (AvgIpc) is 2.00. The third-order valence-electron chi connectivity index (χ3n) is 1.64. The van der Waals surface area contributed by atoms with E-state index in [1.54, 1.807) is 0 Å². The number of hydrogen-bond donors (Lipinski definition) is 0. The van der Waals surface area contributed by atoms with Crippen LogP contribution in [0.4, 0.5) is 4.79 Å². The van der Waals surface area contributed by atoms with Crippen molar-refractivity contribution in [2.75, 3.05) is 6.61 Å². The fourth-order valence-electron chi connectivity index (χ4n) is 0.513. The average molecular weight is 174 g/mol. The molecule has 3 nitrogen and oxygen atoms in total. The van der Waals surface area contributed by atoms with Gasteiger partial charge in [-0.15, -0.1) is 0 Å².